The first-order chi connectivity index (χ1) is 12.0. The van der Waals surface area contributed by atoms with Crippen molar-refractivity contribution in [1.82, 2.24) is 5.32 Å². The maximum atomic E-state index is 11.9. The lowest BCUT2D eigenvalue weighted by molar-refractivity contribution is -0.120. The van der Waals surface area contributed by atoms with Gasteiger partial charge in [-0.15, -0.1) is 0 Å². The number of nitrogens with one attached hydrogen (secondary N) is 3. The first kappa shape index (κ1) is 18.5. The first-order valence-corrected chi connectivity index (χ1v) is 8.50. The van der Waals surface area contributed by atoms with E-state index in [1.54, 1.807) is 0 Å². The summed E-state index contributed by atoms with van der Waals surface area (Å²) in [5.41, 5.74) is 2.71. The van der Waals surface area contributed by atoms with Crippen LogP contribution < -0.4 is 16.0 Å². The van der Waals surface area contributed by atoms with Crippen molar-refractivity contribution in [3.05, 3.63) is 60.2 Å². The molecule has 2 aromatic carbocycles. The van der Waals surface area contributed by atoms with Gasteiger partial charge in [0.2, 0.25) is 11.8 Å². The van der Waals surface area contributed by atoms with Gasteiger partial charge in [0, 0.05) is 23.8 Å². The molecule has 0 fully saturated rings. The van der Waals surface area contributed by atoms with Gasteiger partial charge in [-0.2, -0.15) is 0 Å². The predicted octanol–water partition coefficient (Wildman–Crippen LogP) is 3.05. The maximum Gasteiger partial charge on any atom is 0.239 e. The quantitative estimate of drug-likeness (QED) is 0.692. The Balaban J connectivity index is 1.74. The highest BCUT2D eigenvalue weighted by Crippen LogP contribution is 2.15. The normalized spacial score (nSPS) is 10.4. The average Bonchev–Trinajstić information content (AvgIpc) is 2.61. The van der Waals surface area contributed by atoms with Gasteiger partial charge in [-0.1, -0.05) is 50.2 Å². The Kier molecular flexibility index (Phi) is 7.01. The van der Waals surface area contributed by atoms with E-state index in [1.165, 1.54) is 5.56 Å². The molecule has 2 rings (SSSR count). The molecule has 0 radical (unpaired) electrons. The number of amides is 2. The fourth-order valence-corrected chi connectivity index (χ4v) is 2.23. The third-order valence-corrected chi connectivity index (χ3v) is 3.69. The van der Waals surface area contributed by atoms with Gasteiger partial charge in [0.15, 0.2) is 0 Å². The van der Waals surface area contributed by atoms with Crippen LogP contribution in [0.2, 0.25) is 0 Å². The van der Waals surface area contributed by atoms with Gasteiger partial charge in [0.1, 0.15) is 0 Å². The summed E-state index contributed by atoms with van der Waals surface area (Å²) >= 11 is 0. The van der Waals surface area contributed by atoms with Crippen molar-refractivity contribution in [2.45, 2.75) is 20.3 Å². The molecule has 2 aromatic rings. The summed E-state index contributed by atoms with van der Waals surface area (Å²) in [7, 11) is 0. The van der Waals surface area contributed by atoms with E-state index >= 15 is 0 Å². The van der Waals surface area contributed by atoms with Crippen LogP contribution in [0.1, 0.15) is 19.4 Å². The molecule has 0 spiro atoms. The van der Waals surface area contributed by atoms with Crippen LogP contribution in [0.4, 0.5) is 11.4 Å². The fourth-order valence-electron chi connectivity index (χ4n) is 2.23. The number of benzene rings is 2. The van der Waals surface area contributed by atoms with Crippen molar-refractivity contribution >= 4 is 23.2 Å². The smallest absolute Gasteiger partial charge is 0.239 e. The van der Waals surface area contributed by atoms with Crippen LogP contribution in [0.25, 0.3) is 0 Å². The summed E-state index contributed by atoms with van der Waals surface area (Å²) in [6.07, 6.45) is 0.809. The highest BCUT2D eigenvalue weighted by molar-refractivity contribution is 5.92. The van der Waals surface area contributed by atoms with E-state index in [1.807, 2.05) is 68.4 Å². The van der Waals surface area contributed by atoms with Crippen molar-refractivity contribution < 1.29 is 9.59 Å². The molecule has 5 heteroatoms. The zero-order valence-corrected chi connectivity index (χ0v) is 14.7. The van der Waals surface area contributed by atoms with Gasteiger partial charge in [0.25, 0.3) is 0 Å². The lowest BCUT2D eigenvalue weighted by Gasteiger charge is -2.11. The highest BCUT2D eigenvalue weighted by atomic mass is 16.2. The molecule has 3 N–H and O–H groups in total. The molecular weight excluding hydrogens is 314 g/mol. The molecule has 0 heterocycles. The Morgan fingerprint density at radius 3 is 2.40 bits per heavy atom. The van der Waals surface area contributed by atoms with E-state index in [9.17, 15) is 9.59 Å². The minimum atomic E-state index is -0.0768. The van der Waals surface area contributed by atoms with Gasteiger partial charge < -0.3 is 16.0 Å². The number of carbonyl (C=O) groups excluding carboxylic acids is 2. The summed E-state index contributed by atoms with van der Waals surface area (Å²) in [5.74, 6) is -0.171. The number of carbonyl (C=O) groups is 2. The van der Waals surface area contributed by atoms with Crippen LogP contribution in [0.3, 0.4) is 0 Å². The molecule has 5 nitrogen and oxygen atoms in total. The van der Waals surface area contributed by atoms with Crippen molar-refractivity contribution in [2.24, 2.45) is 5.92 Å². The number of anilines is 2. The van der Waals surface area contributed by atoms with E-state index in [2.05, 4.69) is 16.0 Å². The Morgan fingerprint density at radius 1 is 0.960 bits per heavy atom. The van der Waals surface area contributed by atoms with Crippen LogP contribution in [-0.4, -0.2) is 24.9 Å². The van der Waals surface area contributed by atoms with Crippen LogP contribution in [0, 0.1) is 5.92 Å². The second-order valence-electron chi connectivity index (χ2n) is 6.16. The molecular formula is C20H25N3O2. The van der Waals surface area contributed by atoms with Crippen molar-refractivity contribution in [1.29, 1.82) is 0 Å². The van der Waals surface area contributed by atoms with Crippen molar-refractivity contribution in [3.63, 3.8) is 0 Å². The van der Waals surface area contributed by atoms with E-state index in [4.69, 9.17) is 0 Å². The summed E-state index contributed by atoms with van der Waals surface area (Å²) in [5, 5.41) is 8.81. The Morgan fingerprint density at radius 2 is 1.68 bits per heavy atom. The minimum absolute atomic E-state index is 0.0317. The SMILES string of the molecule is CC(C)C(=O)Nc1cccc(NCC(=O)NCCc2ccccc2)c1. The molecule has 0 aliphatic heterocycles. The third-order valence-electron chi connectivity index (χ3n) is 3.69. The molecule has 0 saturated carbocycles. The standard InChI is InChI=1S/C20H25N3O2/c1-15(2)20(25)23-18-10-6-9-17(13-18)22-14-19(24)21-12-11-16-7-4-3-5-8-16/h3-10,13,15,22H,11-12,14H2,1-2H3,(H,21,24)(H,23,25). The molecule has 0 aliphatic carbocycles. The largest absolute Gasteiger partial charge is 0.376 e. The monoisotopic (exact) mass is 339 g/mol. The second kappa shape index (κ2) is 9.47. The van der Waals surface area contributed by atoms with E-state index in [0.717, 1.165) is 12.1 Å². The predicted molar refractivity (Wildman–Crippen MR) is 102 cm³/mol. The third kappa shape index (κ3) is 6.67. The average molecular weight is 339 g/mol. The van der Waals surface area contributed by atoms with Gasteiger partial charge in [-0.05, 0) is 30.2 Å². The summed E-state index contributed by atoms with van der Waals surface area (Å²) in [6.45, 7) is 4.49. The van der Waals surface area contributed by atoms with Crippen molar-refractivity contribution in [3.8, 4) is 0 Å². The van der Waals surface area contributed by atoms with Crippen LogP contribution in [-0.2, 0) is 16.0 Å². The molecule has 0 saturated heterocycles. The summed E-state index contributed by atoms with van der Waals surface area (Å²) in [4.78, 5) is 23.6. The van der Waals surface area contributed by atoms with Gasteiger partial charge >= 0.3 is 0 Å². The molecule has 0 unspecified atom stereocenters. The highest BCUT2D eigenvalue weighted by Gasteiger charge is 2.07. The number of rotatable bonds is 8. The molecule has 25 heavy (non-hydrogen) atoms. The zero-order chi connectivity index (χ0) is 18.1. The molecule has 2 amide bonds. The lowest BCUT2D eigenvalue weighted by Crippen LogP contribution is -2.31. The van der Waals surface area contributed by atoms with Gasteiger partial charge in [0.05, 0.1) is 6.54 Å². The maximum absolute atomic E-state index is 11.9. The second-order valence-corrected chi connectivity index (χ2v) is 6.16. The fraction of sp³-hybridized carbons (Fsp3) is 0.300. The van der Waals surface area contributed by atoms with Crippen LogP contribution in [0.5, 0.6) is 0 Å². The molecule has 132 valence electrons. The van der Waals surface area contributed by atoms with E-state index in [-0.39, 0.29) is 24.3 Å². The summed E-state index contributed by atoms with van der Waals surface area (Å²) < 4.78 is 0. The van der Waals surface area contributed by atoms with E-state index in [0.29, 0.717) is 12.2 Å². The Bertz CT molecular complexity index is 699. The topological polar surface area (TPSA) is 70.2 Å². The molecule has 0 bridgehead atoms. The Hall–Kier alpha value is -2.82. The molecule has 0 aromatic heterocycles. The van der Waals surface area contributed by atoms with Gasteiger partial charge in [-0.3, -0.25) is 9.59 Å². The van der Waals surface area contributed by atoms with Crippen molar-refractivity contribution in [2.75, 3.05) is 23.7 Å². The minimum Gasteiger partial charge on any atom is -0.376 e. The number of hydrogen-bond donors (Lipinski definition) is 3. The Labute approximate surface area is 148 Å². The molecule has 0 aliphatic rings. The van der Waals surface area contributed by atoms with E-state index < -0.39 is 0 Å². The van der Waals surface area contributed by atoms with Gasteiger partial charge in [-0.25, -0.2) is 0 Å². The summed E-state index contributed by atoms with van der Waals surface area (Å²) in [6, 6.07) is 17.4. The zero-order valence-electron chi connectivity index (χ0n) is 14.7. The van der Waals surface area contributed by atoms with Crippen LogP contribution >= 0.6 is 0 Å². The first-order valence-electron chi connectivity index (χ1n) is 8.50. The molecule has 0 atom stereocenters. The number of hydrogen-bond acceptors (Lipinski definition) is 3. The van der Waals surface area contributed by atoms with Crippen LogP contribution in [0.15, 0.2) is 54.6 Å². The lowest BCUT2D eigenvalue weighted by atomic mass is 10.1.